The monoisotopic (exact) mass is 320 g/mol. The van der Waals surface area contributed by atoms with Gasteiger partial charge in [0.2, 0.25) is 5.82 Å². The minimum Gasteiger partial charge on any atom is -0.485 e. The normalized spacial score (nSPS) is 10.6. The van der Waals surface area contributed by atoms with Crippen LogP contribution in [-0.4, -0.2) is 10.1 Å². The molecule has 0 N–H and O–H groups in total. The van der Waals surface area contributed by atoms with Gasteiger partial charge in [-0.3, -0.25) is 0 Å². The summed E-state index contributed by atoms with van der Waals surface area (Å²) >= 11 is 11.7. The van der Waals surface area contributed by atoms with Crippen LogP contribution in [0.3, 0.4) is 0 Å². The summed E-state index contributed by atoms with van der Waals surface area (Å²) in [5.41, 5.74) is 0.806. The van der Waals surface area contributed by atoms with Crippen molar-refractivity contribution in [2.75, 3.05) is 0 Å². The Labute approximate surface area is 131 Å². The van der Waals surface area contributed by atoms with Gasteiger partial charge in [-0.15, -0.1) is 0 Å². The molecule has 21 heavy (non-hydrogen) atoms. The van der Waals surface area contributed by atoms with Crippen molar-refractivity contribution in [1.29, 1.82) is 0 Å². The second kappa shape index (κ2) is 6.16. The fraction of sp³-hybridized carbons (Fsp3) is 0.0667. The lowest BCUT2D eigenvalue weighted by molar-refractivity contribution is 0.287. The highest BCUT2D eigenvalue weighted by atomic mass is 35.5. The number of ether oxygens (including phenoxy) is 1. The highest BCUT2D eigenvalue weighted by Gasteiger charge is 2.09. The molecule has 3 rings (SSSR count). The third-order valence-corrected chi connectivity index (χ3v) is 3.21. The maximum absolute atomic E-state index is 5.88. The van der Waals surface area contributed by atoms with Gasteiger partial charge in [-0.25, -0.2) is 0 Å². The van der Waals surface area contributed by atoms with Crippen LogP contribution in [0.2, 0.25) is 10.0 Å². The molecule has 0 saturated carbocycles. The molecule has 0 atom stereocenters. The zero-order chi connectivity index (χ0) is 14.7. The fourth-order valence-corrected chi connectivity index (χ4v) is 2.03. The van der Waals surface area contributed by atoms with Crippen molar-refractivity contribution in [3.05, 3.63) is 64.4 Å². The molecule has 0 saturated heterocycles. The van der Waals surface area contributed by atoms with Crippen LogP contribution in [0.25, 0.3) is 11.5 Å². The van der Waals surface area contributed by atoms with E-state index in [1.807, 2.05) is 24.3 Å². The van der Waals surface area contributed by atoms with Gasteiger partial charge in [0.05, 0.1) is 0 Å². The largest absolute Gasteiger partial charge is 0.485 e. The lowest BCUT2D eigenvalue weighted by Gasteiger charge is -2.02. The number of halogens is 2. The molecular formula is C15H10Cl2N2O2. The van der Waals surface area contributed by atoms with Gasteiger partial charge in [0.1, 0.15) is 5.75 Å². The van der Waals surface area contributed by atoms with Gasteiger partial charge in [0.25, 0.3) is 5.89 Å². The number of hydrogen-bond donors (Lipinski definition) is 0. The first-order valence-electron chi connectivity index (χ1n) is 6.17. The predicted octanol–water partition coefficient (Wildman–Crippen LogP) is 4.62. The van der Waals surface area contributed by atoms with Crippen LogP contribution >= 0.6 is 23.2 Å². The van der Waals surface area contributed by atoms with E-state index in [1.165, 1.54) is 0 Å². The zero-order valence-electron chi connectivity index (χ0n) is 10.8. The van der Waals surface area contributed by atoms with Gasteiger partial charge in [-0.1, -0.05) is 34.4 Å². The molecule has 0 aliphatic rings. The summed E-state index contributed by atoms with van der Waals surface area (Å²) in [6.45, 7) is 0.206. The molecule has 106 valence electrons. The topological polar surface area (TPSA) is 48.2 Å². The summed E-state index contributed by atoms with van der Waals surface area (Å²) in [5.74, 6) is 1.54. The molecule has 0 bridgehead atoms. The first-order chi connectivity index (χ1) is 10.2. The van der Waals surface area contributed by atoms with Crippen molar-refractivity contribution < 1.29 is 9.26 Å². The maximum Gasteiger partial charge on any atom is 0.258 e. The van der Waals surface area contributed by atoms with Crippen molar-refractivity contribution in [2.24, 2.45) is 0 Å². The van der Waals surface area contributed by atoms with Crippen LogP contribution < -0.4 is 4.74 Å². The van der Waals surface area contributed by atoms with Crippen molar-refractivity contribution >= 4 is 23.2 Å². The molecule has 0 fully saturated rings. The summed E-state index contributed by atoms with van der Waals surface area (Å²) in [7, 11) is 0. The Hall–Kier alpha value is -2.04. The molecule has 0 unspecified atom stereocenters. The molecular weight excluding hydrogens is 311 g/mol. The smallest absolute Gasteiger partial charge is 0.258 e. The molecule has 0 aliphatic heterocycles. The minimum absolute atomic E-state index is 0.206. The molecule has 0 spiro atoms. The average Bonchev–Trinajstić information content (AvgIpc) is 2.95. The van der Waals surface area contributed by atoms with Crippen molar-refractivity contribution in [3.63, 3.8) is 0 Å². The molecule has 0 radical (unpaired) electrons. The van der Waals surface area contributed by atoms with Crippen LogP contribution in [0, 0.1) is 0 Å². The summed E-state index contributed by atoms with van der Waals surface area (Å²) in [4.78, 5) is 4.27. The van der Waals surface area contributed by atoms with Crippen molar-refractivity contribution in [1.82, 2.24) is 10.1 Å². The Morgan fingerprint density at radius 2 is 1.81 bits per heavy atom. The van der Waals surface area contributed by atoms with Gasteiger partial charge in [-0.2, -0.15) is 4.98 Å². The van der Waals surface area contributed by atoms with Crippen LogP contribution in [0.5, 0.6) is 5.75 Å². The highest BCUT2D eigenvalue weighted by Crippen LogP contribution is 2.21. The number of aromatic nitrogens is 2. The Morgan fingerprint density at radius 3 is 2.57 bits per heavy atom. The quantitative estimate of drug-likeness (QED) is 0.703. The predicted molar refractivity (Wildman–Crippen MR) is 80.5 cm³/mol. The number of benzene rings is 2. The van der Waals surface area contributed by atoms with Crippen molar-refractivity contribution in [2.45, 2.75) is 6.61 Å². The van der Waals surface area contributed by atoms with Gasteiger partial charge in [0, 0.05) is 15.6 Å². The molecule has 2 aromatic carbocycles. The second-order valence-electron chi connectivity index (χ2n) is 4.27. The molecule has 1 heterocycles. The lowest BCUT2D eigenvalue weighted by atomic mass is 10.2. The van der Waals surface area contributed by atoms with Crippen LogP contribution in [0.1, 0.15) is 5.82 Å². The van der Waals surface area contributed by atoms with E-state index < -0.39 is 0 Å². The van der Waals surface area contributed by atoms with Crippen molar-refractivity contribution in [3.8, 4) is 17.2 Å². The molecule has 1 aromatic heterocycles. The van der Waals surface area contributed by atoms with Crippen LogP contribution in [-0.2, 0) is 6.61 Å². The van der Waals surface area contributed by atoms with E-state index in [-0.39, 0.29) is 6.61 Å². The average molecular weight is 321 g/mol. The van der Waals surface area contributed by atoms with E-state index in [0.717, 1.165) is 5.56 Å². The van der Waals surface area contributed by atoms with Gasteiger partial charge >= 0.3 is 0 Å². The van der Waals surface area contributed by atoms with E-state index in [4.69, 9.17) is 32.5 Å². The van der Waals surface area contributed by atoms with E-state index in [9.17, 15) is 0 Å². The van der Waals surface area contributed by atoms with E-state index in [0.29, 0.717) is 27.5 Å². The number of hydrogen-bond acceptors (Lipinski definition) is 4. The highest BCUT2D eigenvalue weighted by molar-refractivity contribution is 6.30. The van der Waals surface area contributed by atoms with Gasteiger partial charge < -0.3 is 9.26 Å². The van der Waals surface area contributed by atoms with Crippen LogP contribution in [0.4, 0.5) is 0 Å². The van der Waals surface area contributed by atoms with Gasteiger partial charge in [-0.05, 0) is 42.5 Å². The Balaban J connectivity index is 1.69. The summed E-state index contributed by atoms with van der Waals surface area (Å²) in [6.07, 6.45) is 0. The van der Waals surface area contributed by atoms with Gasteiger partial charge in [0.15, 0.2) is 6.61 Å². The molecule has 0 amide bonds. The van der Waals surface area contributed by atoms with E-state index >= 15 is 0 Å². The summed E-state index contributed by atoms with van der Waals surface area (Å²) in [5, 5.41) is 5.14. The SMILES string of the molecule is Clc1ccc(-c2nc(COc3cccc(Cl)c3)no2)cc1. The Bertz CT molecular complexity index is 741. The fourth-order valence-electron chi connectivity index (χ4n) is 1.73. The molecule has 3 aromatic rings. The van der Waals surface area contributed by atoms with E-state index in [1.54, 1.807) is 24.3 Å². The summed E-state index contributed by atoms with van der Waals surface area (Å²) in [6, 6.07) is 14.3. The molecule has 0 aliphatic carbocycles. The Kier molecular flexibility index (Phi) is 4.08. The first kappa shape index (κ1) is 13.9. The van der Waals surface area contributed by atoms with Crippen LogP contribution in [0.15, 0.2) is 53.1 Å². The maximum atomic E-state index is 5.88. The zero-order valence-corrected chi connectivity index (χ0v) is 12.3. The Morgan fingerprint density at radius 1 is 1.00 bits per heavy atom. The van der Waals surface area contributed by atoms with E-state index in [2.05, 4.69) is 10.1 Å². The number of rotatable bonds is 4. The first-order valence-corrected chi connectivity index (χ1v) is 6.93. The minimum atomic E-state index is 0.206. The number of nitrogens with zero attached hydrogens (tertiary/aromatic N) is 2. The molecule has 4 nitrogen and oxygen atoms in total. The second-order valence-corrected chi connectivity index (χ2v) is 5.14. The lowest BCUT2D eigenvalue weighted by Crippen LogP contribution is -1.97. The standard InChI is InChI=1S/C15H10Cl2N2O2/c16-11-6-4-10(5-7-11)15-18-14(19-21-15)9-20-13-3-1-2-12(17)8-13/h1-8H,9H2. The third kappa shape index (κ3) is 3.54. The summed E-state index contributed by atoms with van der Waals surface area (Å²) < 4.78 is 10.7. The molecule has 6 heteroatoms. The third-order valence-electron chi connectivity index (χ3n) is 2.72.